The summed E-state index contributed by atoms with van der Waals surface area (Å²) in [4.78, 5) is 23.7. The van der Waals surface area contributed by atoms with Crippen molar-refractivity contribution in [1.29, 1.82) is 0 Å². The first-order valence-electron chi connectivity index (χ1n) is 10.5. The van der Waals surface area contributed by atoms with Crippen molar-refractivity contribution in [2.75, 3.05) is 11.9 Å². The molecule has 3 aromatic rings. The van der Waals surface area contributed by atoms with E-state index in [9.17, 15) is 4.79 Å². The molecule has 0 saturated heterocycles. The summed E-state index contributed by atoms with van der Waals surface area (Å²) in [6, 6.07) is 11.0. The van der Waals surface area contributed by atoms with Gasteiger partial charge in [0.1, 0.15) is 5.75 Å². The number of carbonyl (C=O) groups excluding carboxylic acids is 1. The zero-order chi connectivity index (χ0) is 22.0. The SMILES string of the molecule is CCOc1ccccc1NC(=O)C12CCC(c3nc4cc(Cl)c(Cl)cc4nc31)C2(C)C. The highest BCUT2D eigenvalue weighted by atomic mass is 35.5. The molecule has 2 aromatic carbocycles. The number of fused-ring (bicyclic) bond motifs is 6. The minimum Gasteiger partial charge on any atom is -0.492 e. The third kappa shape index (κ3) is 2.79. The smallest absolute Gasteiger partial charge is 0.237 e. The van der Waals surface area contributed by atoms with Gasteiger partial charge in [-0.15, -0.1) is 0 Å². The fourth-order valence-electron chi connectivity index (χ4n) is 5.46. The molecule has 0 spiro atoms. The average molecular weight is 456 g/mol. The van der Waals surface area contributed by atoms with Gasteiger partial charge in [0.2, 0.25) is 5.91 Å². The number of hydrogen-bond acceptors (Lipinski definition) is 4. The molecule has 2 aliphatic rings. The van der Waals surface area contributed by atoms with E-state index in [2.05, 4.69) is 19.2 Å². The van der Waals surface area contributed by atoms with Crippen LogP contribution in [0.3, 0.4) is 0 Å². The normalized spacial score (nSPS) is 23.1. The molecule has 0 radical (unpaired) electrons. The summed E-state index contributed by atoms with van der Waals surface area (Å²) in [7, 11) is 0. The molecule has 0 aliphatic heterocycles. The van der Waals surface area contributed by atoms with Gasteiger partial charge in [0.05, 0.1) is 50.2 Å². The third-order valence-electron chi connectivity index (χ3n) is 7.07. The van der Waals surface area contributed by atoms with Crippen molar-refractivity contribution in [1.82, 2.24) is 9.97 Å². The molecule has 160 valence electrons. The molecule has 5 nitrogen and oxygen atoms in total. The average Bonchev–Trinajstić information content (AvgIpc) is 3.10. The van der Waals surface area contributed by atoms with E-state index in [0.29, 0.717) is 39.1 Å². The lowest BCUT2D eigenvalue weighted by Gasteiger charge is -2.36. The second-order valence-corrected chi connectivity index (χ2v) is 9.63. The van der Waals surface area contributed by atoms with Gasteiger partial charge in [-0.05, 0) is 49.4 Å². The lowest BCUT2D eigenvalue weighted by molar-refractivity contribution is -0.124. The standard InChI is InChI=1S/C24H23Cl2N3O2/c1-4-31-19-8-6-5-7-16(19)29-22(30)24-10-9-13(23(24,2)3)20-21(24)28-18-12-15(26)14(25)11-17(18)27-20/h5-8,11-13H,4,9-10H2,1-3H3,(H,29,30). The van der Waals surface area contributed by atoms with E-state index < -0.39 is 5.41 Å². The van der Waals surface area contributed by atoms with Crippen molar-refractivity contribution in [3.8, 4) is 5.75 Å². The predicted octanol–water partition coefficient (Wildman–Crippen LogP) is 6.13. The Balaban J connectivity index is 1.64. The van der Waals surface area contributed by atoms with Crippen LogP contribution in [0.5, 0.6) is 5.75 Å². The fourth-order valence-corrected chi connectivity index (χ4v) is 5.78. The first-order chi connectivity index (χ1) is 14.8. The number of benzene rings is 2. The lowest BCUT2D eigenvalue weighted by Crippen LogP contribution is -2.46. The molecule has 31 heavy (non-hydrogen) atoms. The van der Waals surface area contributed by atoms with E-state index in [4.69, 9.17) is 37.9 Å². The third-order valence-corrected chi connectivity index (χ3v) is 7.79. The molecule has 1 heterocycles. The van der Waals surface area contributed by atoms with Crippen LogP contribution >= 0.6 is 23.2 Å². The van der Waals surface area contributed by atoms with Gasteiger partial charge in [-0.2, -0.15) is 0 Å². The number of ether oxygens (including phenoxy) is 1. The molecule has 1 saturated carbocycles. The number of para-hydroxylation sites is 2. The highest BCUT2D eigenvalue weighted by Crippen LogP contribution is 2.67. The number of aromatic nitrogens is 2. The van der Waals surface area contributed by atoms with Crippen LogP contribution in [0.4, 0.5) is 5.69 Å². The Kier molecular flexibility index (Phi) is 4.68. The zero-order valence-electron chi connectivity index (χ0n) is 17.6. The van der Waals surface area contributed by atoms with Crippen LogP contribution in [0, 0.1) is 5.41 Å². The molecule has 2 unspecified atom stereocenters. The maximum atomic E-state index is 13.9. The van der Waals surface area contributed by atoms with Crippen molar-refractivity contribution < 1.29 is 9.53 Å². The van der Waals surface area contributed by atoms with E-state index >= 15 is 0 Å². The van der Waals surface area contributed by atoms with E-state index in [1.165, 1.54) is 0 Å². The van der Waals surface area contributed by atoms with Crippen LogP contribution in [-0.2, 0) is 10.2 Å². The summed E-state index contributed by atoms with van der Waals surface area (Å²) < 4.78 is 5.71. The Bertz CT molecular complexity index is 1230. The molecule has 1 N–H and O–H groups in total. The van der Waals surface area contributed by atoms with Crippen LogP contribution in [0.2, 0.25) is 10.0 Å². The second-order valence-electron chi connectivity index (χ2n) is 8.81. The Morgan fingerprint density at radius 3 is 2.55 bits per heavy atom. The fraction of sp³-hybridized carbons (Fsp3) is 0.375. The first-order valence-corrected chi connectivity index (χ1v) is 11.3. The number of amides is 1. The van der Waals surface area contributed by atoms with Crippen LogP contribution in [0.25, 0.3) is 11.0 Å². The monoisotopic (exact) mass is 455 g/mol. The van der Waals surface area contributed by atoms with Gasteiger partial charge in [-0.3, -0.25) is 4.79 Å². The maximum Gasteiger partial charge on any atom is 0.237 e. The van der Waals surface area contributed by atoms with E-state index in [-0.39, 0.29) is 17.2 Å². The van der Waals surface area contributed by atoms with Crippen LogP contribution in [0.15, 0.2) is 36.4 Å². The molecule has 1 amide bonds. The van der Waals surface area contributed by atoms with E-state index in [0.717, 1.165) is 24.2 Å². The molecule has 1 fully saturated rings. The maximum absolute atomic E-state index is 13.9. The van der Waals surface area contributed by atoms with Crippen molar-refractivity contribution in [3.05, 3.63) is 57.8 Å². The molecular weight excluding hydrogens is 433 g/mol. The Morgan fingerprint density at radius 2 is 1.84 bits per heavy atom. The quantitative estimate of drug-likeness (QED) is 0.513. The number of nitrogens with zero attached hydrogens (tertiary/aromatic N) is 2. The van der Waals surface area contributed by atoms with Crippen molar-refractivity contribution in [3.63, 3.8) is 0 Å². The van der Waals surface area contributed by atoms with E-state index in [1.807, 2.05) is 31.2 Å². The number of carbonyl (C=O) groups is 1. The summed E-state index contributed by atoms with van der Waals surface area (Å²) in [5.74, 6) is 0.743. The van der Waals surface area contributed by atoms with E-state index in [1.54, 1.807) is 12.1 Å². The molecule has 2 bridgehead atoms. The second kappa shape index (κ2) is 7.07. The predicted molar refractivity (Wildman–Crippen MR) is 123 cm³/mol. The minimum atomic E-state index is -0.778. The summed E-state index contributed by atoms with van der Waals surface area (Å²) in [6.45, 7) is 6.74. The Hall–Kier alpha value is -2.37. The lowest BCUT2D eigenvalue weighted by atomic mass is 9.67. The molecule has 2 aliphatic carbocycles. The summed E-state index contributed by atoms with van der Waals surface area (Å²) in [6.07, 6.45) is 1.61. The number of rotatable bonds is 4. The molecule has 1 aromatic heterocycles. The molecular formula is C24H23Cl2N3O2. The van der Waals surface area contributed by atoms with Crippen LogP contribution in [-0.4, -0.2) is 22.5 Å². The van der Waals surface area contributed by atoms with Gasteiger partial charge in [0.25, 0.3) is 0 Å². The van der Waals surface area contributed by atoms with Gasteiger partial charge in [-0.1, -0.05) is 49.2 Å². The van der Waals surface area contributed by atoms with Crippen molar-refractivity contribution in [2.45, 2.75) is 44.9 Å². The largest absolute Gasteiger partial charge is 0.492 e. The van der Waals surface area contributed by atoms with Gasteiger partial charge >= 0.3 is 0 Å². The number of halogens is 2. The molecule has 5 rings (SSSR count). The molecule has 7 heteroatoms. The zero-order valence-corrected chi connectivity index (χ0v) is 19.1. The van der Waals surface area contributed by atoms with Gasteiger partial charge in [0, 0.05) is 5.92 Å². The topological polar surface area (TPSA) is 64.1 Å². The molecule has 2 atom stereocenters. The number of anilines is 1. The Morgan fingerprint density at radius 1 is 1.16 bits per heavy atom. The van der Waals surface area contributed by atoms with Gasteiger partial charge in [-0.25, -0.2) is 9.97 Å². The van der Waals surface area contributed by atoms with Crippen molar-refractivity contribution >= 4 is 45.8 Å². The van der Waals surface area contributed by atoms with Crippen LogP contribution < -0.4 is 10.1 Å². The highest BCUT2D eigenvalue weighted by Gasteiger charge is 2.67. The first kappa shape index (κ1) is 20.5. The number of nitrogens with one attached hydrogen (secondary N) is 1. The van der Waals surface area contributed by atoms with Gasteiger partial charge < -0.3 is 10.1 Å². The minimum absolute atomic E-state index is 0.0698. The highest BCUT2D eigenvalue weighted by molar-refractivity contribution is 6.42. The Labute approximate surface area is 191 Å². The van der Waals surface area contributed by atoms with Crippen molar-refractivity contribution in [2.24, 2.45) is 5.41 Å². The summed E-state index contributed by atoms with van der Waals surface area (Å²) >= 11 is 12.4. The van der Waals surface area contributed by atoms with Gasteiger partial charge in [0.15, 0.2) is 0 Å². The summed E-state index contributed by atoms with van der Waals surface area (Å²) in [5, 5.41) is 4.02. The number of hydrogen-bond donors (Lipinski definition) is 1. The van der Waals surface area contributed by atoms with Crippen LogP contribution in [0.1, 0.15) is 50.9 Å². The summed E-state index contributed by atoms with van der Waals surface area (Å²) in [5.41, 5.74) is 2.57.